The second kappa shape index (κ2) is 6.01. The smallest absolute Gasteiger partial charge is 0.292 e. The van der Waals surface area contributed by atoms with Crippen molar-refractivity contribution in [3.63, 3.8) is 0 Å². The highest BCUT2D eigenvalue weighted by Crippen LogP contribution is 2.22. The number of hydrogen-bond acceptors (Lipinski definition) is 3. The molecule has 0 aliphatic rings. The zero-order valence-electron chi connectivity index (χ0n) is 8.90. The summed E-state index contributed by atoms with van der Waals surface area (Å²) in [5.41, 5.74) is 0.757. The highest BCUT2D eigenvalue weighted by atomic mass is 16.6. The highest BCUT2D eigenvalue weighted by molar-refractivity contribution is 5.60. The molecular weight excluding hydrogens is 192 g/mol. The first kappa shape index (κ1) is 11.5. The van der Waals surface area contributed by atoms with Gasteiger partial charge < -0.3 is 5.32 Å². The Labute approximate surface area is 89.5 Å². The van der Waals surface area contributed by atoms with Gasteiger partial charge in [-0.2, -0.15) is 0 Å². The minimum absolute atomic E-state index is 0.147. The van der Waals surface area contributed by atoms with Crippen LogP contribution in [0.3, 0.4) is 0 Å². The number of nitrogens with zero attached hydrogens (tertiary/aromatic N) is 1. The molecule has 0 saturated heterocycles. The van der Waals surface area contributed by atoms with Crippen LogP contribution in [0, 0.1) is 10.1 Å². The Bertz CT molecular complexity index is 326. The summed E-state index contributed by atoms with van der Waals surface area (Å²) in [5.74, 6) is 0. The lowest BCUT2D eigenvalue weighted by molar-refractivity contribution is -0.384. The summed E-state index contributed by atoms with van der Waals surface area (Å²) < 4.78 is 0. The van der Waals surface area contributed by atoms with Crippen molar-refractivity contribution in [2.45, 2.75) is 26.2 Å². The van der Waals surface area contributed by atoms with E-state index in [1.165, 1.54) is 6.07 Å². The Balaban J connectivity index is 2.56. The van der Waals surface area contributed by atoms with Gasteiger partial charge in [-0.15, -0.1) is 0 Å². The summed E-state index contributed by atoms with van der Waals surface area (Å²) in [6.07, 6.45) is 3.34. The molecule has 1 aromatic carbocycles. The van der Waals surface area contributed by atoms with Crippen LogP contribution in [0.4, 0.5) is 11.4 Å². The Hall–Kier alpha value is -1.58. The summed E-state index contributed by atoms with van der Waals surface area (Å²) in [5, 5.41) is 13.8. The van der Waals surface area contributed by atoms with E-state index >= 15 is 0 Å². The maximum Gasteiger partial charge on any atom is 0.292 e. The monoisotopic (exact) mass is 208 g/mol. The zero-order valence-corrected chi connectivity index (χ0v) is 8.90. The van der Waals surface area contributed by atoms with Crippen LogP contribution in [0.1, 0.15) is 26.2 Å². The van der Waals surface area contributed by atoms with Crippen LogP contribution < -0.4 is 5.32 Å². The standard InChI is InChI=1S/C11H16N2O2/c1-2-3-6-9-12-10-7-4-5-8-11(10)13(14)15/h4-5,7-8,12H,2-3,6,9H2,1H3. The maximum absolute atomic E-state index is 10.7. The first-order valence-electron chi connectivity index (χ1n) is 5.23. The van der Waals surface area contributed by atoms with E-state index in [-0.39, 0.29) is 10.6 Å². The third-order valence-electron chi connectivity index (χ3n) is 2.20. The van der Waals surface area contributed by atoms with E-state index in [0.717, 1.165) is 25.8 Å². The zero-order chi connectivity index (χ0) is 11.1. The minimum atomic E-state index is -0.359. The van der Waals surface area contributed by atoms with Gasteiger partial charge >= 0.3 is 0 Å². The van der Waals surface area contributed by atoms with Gasteiger partial charge in [-0.1, -0.05) is 31.9 Å². The second-order valence-electron chi connectivity index (χ2n) is 3.41. The summed E-state index contributed by atoms with van der Waals surface area (Å²) in [6, 6.07) is 6.73. The Kier molecular flexibility index (Phi) is 4.60. The molecule has 0 unspecified atom stereocenters. The van der Waals surface area contributed by atoms with Crippen molar-refractivity contribution in [1.29, 1.82) is 0 Å². The average Bonchev–Trinajstić information content (AvgIpc) is 2.25. The molecule has 0 bridgehead atoms. The number of nitro groups is 1. The third kappa shape index (κ3) is 3.58. The van der Waals surface area contributed by atoms with Gasteiger partial charge in [-0.05, 0) is 12.5 Å². The fourth-order valence-electron chi connectivity index (χ4n) is 1.38. The lowest BCUT2D eigenvalue weighted by Crippen LogP contribution is -2.03. The lowest BCUT2D eigenvalue weighted by atomic mass is 10.2. The topological polar surface area (TPSA) is 55.2 Å². The van der Waals surface area contributed by atoms with Crippen LogP contribution >= 0.6 is 0 Å². The number of unbranched alkanes of at least 4 members (excludes halogenated alkanes) is 2. The van der Waals surface area contributed by atoms with Crippen LogP contribution in [-0.4, -0.2) is 11.5 Å². The molecule has 0 saturated carbocycles. The van der Waals surface area contributed by atoms with Gasteiger partial charge in [0.1, 0.15) is 5.69 Å². The van der Waals surface area contributed by atoms with Crippen molar-refractivity contribution in [2.75, 3.05) is 11.9 Å². The quantitative estimate of drug-likeness (QED) is 0.443. The van der Waals surface area contributed by atoms with E-state index in [1.807, 2.05) is 0 Å². The van der Waals surface area contributed by atoms with E-state index in [1.54, 1.807) is 18.2 Å². The predicted molar refractivity (Wildman–Crippen MR) is 61.1 cm³/mol. The molecule has 82 valence electrons. The number of hydrogen-bond donors (Lipinski definition) is 1. The highest BCUT2D eigenvalue weighted by Gasteiger charge is 2.10. The molecule has 0 aromatic heterocycles. The molecule has 0 heterocycles. The molecule has 0 aliphatic carbocycles. The summed E-state index contributed by atoms with van der Waals surface area (Å²) in [7, 11) is 0. The largest absolute Gasteiger partial charge is 0.379 e. The molecule has 0 radical (unpaired) electrons. The summed E-state index contributed by atoms with van der Waals surface area (Å²) in [4.78, 5) is 10.3. The minimum Gasteiger partial charge on any atom is -0.379 e. The molecule has 0 atom stereocenters. The predicted octanol–water partition coefficient (Wildman–Crippen LogP) is 3.20. The molecule has 1 aromatic rings. The number of anilines is 1. The molecular formula is C11H16N2O2. The van der Waals surface area contributed by atoms with Crippen LogP contribution in [0.15, 0.2) is 24.3 Å². The van der Waals surface area contributed by atoms with Crippen molar-refractivity contribution in [3.8, 4) is 0 Å². The summed E-state index contributed by atoms with van der Waals surface area (Å²) >= 11 is 0. The second-order valence-corrected chi connectivity index (χ2v) is 3.41. The van der Waals surface area contributed by atoms with Gasteiger partial charge in [0, 0.05) is 12.6 Å². The van der Waals surface area contributed by atoms with Crippen molar-refractivity contribution in [3.05, 3.63) is 34.4 Å². The van der Waals surface area contributed by atoms with Crippen LogP contribution in [0.25, 0.3) is 0 Å². The third-order valence-corrected chi connectivity index (χ3v) is 2.20. The first-order valence-corrected chi connectivity index (χ1v) is 5.23. The Morgan fingerprint density at radius 1 is 1.33 bits per heavy atom. The average molecular weight is 208 g/mol. The molecule has 4 heteroatoms. The molecule has 0 spiro atoms. The first-order chi connectivity index (χ1) is 7.25. The van der Waals surface area contributed by atoms with E-state index in [2.05, 4.69) is 12.2 Å². The summed E-state index contributed by atoms with van der Waals surface area (Å²) in [6.45, 7) is 2.92. The molecule has 15 heavy (non-hydrogen) atoms. The maximum atomic E-state index is 10.7. The molecule has 1 rings (SSSR count). The van der Waals surface area contributed by atoms with Crippen LogP contribution in [-0.2, 0) is 0 Å². The van der Waals surface area contributed by atoms with Gasteiger partial charge in [-0.25, -0.2) is 0 Å². The number of nitro benzene ring substituents is 1. The van der Waals surface area contributed by atoms with Gasteiger partial charge in [0.2, 0.25) is 0 Å². The van der Waals surface area contributed by atoms with E-state index < -0.39 is 0 Å². The number of rotatable bonds is 6. The van der Waals surface area contributed by atoms with E-state index in [4.69, 9.17) is 0 Å². The Morgan fingerprint density at radius 2 is 2.07 bits per heavy atom. The molecule has 0 fully saturated rings. The van der Waals surface area contributed by atoms with Crippen molar-refractivity contribution in [2.24, 2.45) is 0 Å². The van der Waals surface area contributed by atoms with Gasteiger partial charge in [0.15, 0.2) is 0 Å². The molecule has 0 amide bonds. The fraction of sp³-hybridized carbons (Fsp3) is 0.455. The van der Waals surface area contributed by atoms with E-state index in [9.17, 15) is 10.1 Å². The van der Waals surface area contributed by atoms with Gasteiger partial charge in [0.05, 0.1) is 4.92 Å². The van der Waals surface area contributed by atoms with Crippen LogP contribution in [0.5, 0.6) is 0 Å². The van der Waals surface area contributed by atoms with E-state index in [0.29, 0.717) is 5.69 Å². The fourth-order valence-corrected chi connectivity index (χ4v) is 1.38. The van der Waals surface area contributed by atoms with Gasteiger partial charge in [0.25, 0.3) is 5.69 Å². The van der Waals surface area contributed by atoms with Crippen molar-refractivity contribution in [1.82, 2.24) is 0 Å². The van der Waals surface area contributed by atoms with Crippen molar-refractivity contribution >= 4 is 11.4 Å². The number of nitrogens with one attached hydrogen (secondary N) is 1. The normalized spacial score (nSPS) is 9.93. The molecule has 4 nitrogen and oxygen atoms in total. The molecule has 1 N–H and O–H groups in total. The number of para-hydroxylation sites is 2. The molecule has 0 aliphatic heterocycles. The van der Waals surface area contributed by atoms with Crippen LogP contribution in [0.2, 0.25) is 0 Å². The Morgan fingerprint density at radius 3 is 2.73 bits per heavy atom. The van der Waals surface area contributed by atoms with Gasteiger partial charge in [-0.3, -0.25) is 10.1 Å². The van der Waals surface area contributed by atoms with Crippen molar-refractivity contribution < 1.29 is 4.92 Å². The lowest BCUT2D eigenvalue weighted by Gasteiger charge is -2.05. The SMILES string of the molecule is CCCCCNc1ccccc1[N+](=O)[O-]. The number of benzene rings is 1.